The predicted octanol–water partition coefficient (Wildman–Crippen LogP) is 3.53. The maximum atomic E-state index is 12.7. The van der Waals surface area contributed by atoms with E-state index in [1.165, 1.54) is 18.2 Å². The Bertz CT molecular complexity index is 1610. The minimum Gasteiger partial charge on any atom is -0.494 e. The number of anilines is 3. The topological polar surface area (TPSA) is 157 Å². The average Bonchev–Trinajstić information content (AvgIpc) is 2.93. The summed E-state index contributed by atoms with van der Waals surface area (Å²) < 4.78 is 11.5. The summed E-state index contributed by atoms with van der Waals surface area (Å²) in [4.78, 5) is 31.9. The van der Waals surface area contributed by atoms with Gasteiger partial charge in [-0.25, -0.2) is 9.89 Å². The number of hydrogen-bond acceptors (Lipinski definition) is 9. The third kappa shape index (κ3) is 4.85. The van der Waals surface area contributed by atoms with Crippen LogP contribution in [0.15, 0.2) is 59.5 Å². The molecule has 3 heterocycles. The number of nitriles is 1. The molecule has 0 aliphatic carbocycles. The summed E-state index contributed by atoms with van der Waals surface area (Å²) in [7, 11) is 1.53. The van der Waals surface area contributed by atoms with Crippen LogP contribution in [-0.2, 0) is 0 Å². The Labute approximate surface area is 216 Å². The van der Waals surface area contributed by atoms with Crippen LogP contribution < -0.4 is 25.2 Å². The molecule has 0 saturated carbocycles. The first-order valence-corrected chi connectivity index (χ1v) is 11.7. The van der Waals surface area contributed by atoms with Crippen molar-refractivity contribution in [3.8, 4) is 23.4 Å². The molecule has 1 saturated heterocycles. The van der Waals surface area contributed by atoms with Gasteiger partial charge in [0.05, 0.1) is 29.9 Å². The fraction of sp³-hybridized carbons (Fsp3) is 0.192. The second kappa shape index (κ2) is 10.4. The van der Waals surface area contributed by atoms with E-state index in [-0.39, 0.29) is 17.1 Å². The van der Waals surface area contributed by atoms with Crippen molar-refractivity contribution in [3.63, 3.8) is 0 Å². The number of carboxylic acid groups (broad SMARTS) is 1. The van der Waals surface area contributed by atoms with Crippen molar-refractivity contribution in [1.29, 1.82) is 5.26 Å². The fourth-order valence-electron chi connectivity index (χ4n) is 4.26. The Kier molecular flexibility index (Phi) is 6.65. The monoisotopic (exact) mass is 513 g/mol. The van der Waals surface area contributed by atoms with Gasteiger partial charge in [0.2, 0.25) is 5.88 Å². The average molecular weight is 514 g/mol. The van der Waals surface area contributed by atoms with E-state index < -0.39 is 11.7 Å². The van der Waals surface area contributed by atoms with E-state index in [9.17, 15) is 20.0 Å². The molecule has 0 radical (unpaired) electrons. The number of amides is 1. The Morgan fingerprint density at radius 1 is 1.13 bits per heavy atom. The van der Waals surface area contributed by atoms with Crippen molar-refractivity contribution in [1.82, 2.24) is 20.1 Å². The van der Waals surface area contributed by atoms with Crippen LogP contribution in [0.2, 0.25) is 0 Å². The zero-order valence-electron chi connectivity index (χ0n) is 20.3. The van der Waals surface area contributed by atoms with E-state index in [0.29, 0.717) is 54.3 Å². The van der Waals surface area contributed by atoms with Gasteiger partial charge in [-0.15, -0.1) is 0 Å². The highest BCUT2D eigenvalue weighted by Crippen LogP contribution is 2.35. The van der Waals surface area contributed by atoms with Gasteiger partial charge in [0.25, 0.3) is 5.56 Å². The van der Waals surface area contributed by atoms with Crippen LogP contribution in [0.1, 0.15) is 5.56 Å². The first-order chi connectivity index (χ1) is 18.5. The molecule has 5 rings (SSSR count). The second-order valence-corrected chi connectivity index (χ2v) is 8.45. The summed E-state index contributed by atoms with van der Waals surface area (Å²) >= 11 is 0. The van der Waals surface area contributed by atoms with Crippen LogP contribution in [0.25, 0.3) is 10.8 Å². The summed E-state index contributed by atoms with van der Waals surface area (Å²) in [5, 5.41) is 28.9. The molecule has 38 heavy (non-hydrogen) atoms. The first-order valence-electron chi connectivity index (χ1n) is 11.7. The summed E-state index contributed by atoms with van der Waals surface area (Å²) in [6.45, 7) is 1.93. The van der Waals surface area contributed by atoms with Gasteiger partial charge in [-0.1, -0.05) is 12.1 Å². The summed E-state index contributed by atoms with van der Waals surface area (Å²) in [5.74, 6) is 1.22. The number of carbonyl (C=O) groups is 1. The zero-order chi connectivity index (χ0) is 26.6. The number of para-hydroxylation sites is 1. The van der Waals surface area contributed by atoms with Crippen molar-refractivity contribution < 1.29 is 19.4 Å². The maximum Gasteiger partial charge on any atom is 0.407 e. The molecule has 12 nitrogen and oxygen atoms in total. The molecule has 1 amide bonds. The number of methoxy groups -OCH3 is 1. The molecule has 0 unspecified atom stereocenters. The molecule has 192 valence electrons. The molecule has 0 spiro atoms. The van der Waals surface area contributed by atoms with Crippen LogP contribution in [-0.4, -0.2) is 64.6 Å². The number of fused-ring (bicyclic) bond motifs is 1. The molecule has 1 aliphatic heterocycles. The third-order valence-electron chi connectivity index (χ3n) is 6.20. The molecular weight excluding hydrogens is 490 g/mol. The van der Waals surface area contributed by atoms with E-state index in [4.69, 9.17) is 9.47 Å². The Morgan fingerprint density at radius 3 is 2.66 bits per heavy atom. The van der Waals surface area contributed by atoms with Gasteiger partial charge in [0.15, 0.2) is 0 Å². The Balaban J connectivity index is 1.48. The minimum absolute atomic E-state index is 0.169. The van der Waals surface area contributed by atoms with Gasteiger partial charge in [0.1, 0.15) is 23.4 Å². The number of H-pyrrole nitrogens is 1. The van der Waals surface area contributed by atoms with E-state index in [1.54, 1.807) is 36.4 Å². The molecule has 2 aromatic carbocycles. The van der Waals surface area contributed by atoms with E-state index >= 15 is 0 Å². The highest BCUT2D eigenvalue weighted by atomic mass is 16.5. The van der Waals surface area contributed by atoms with Crippen LogP contribution in [0.4, 0.5) is 22.0 Å². The number of benzene rings is 2. The molecule has 4 aromatic rings. The molecule has 1 fully saturated rings. The van der Waals surface area contributed by atoms with Crippen LogP contribution in [0.3, 0.4) is 0 Å². The SMILES string of the molecule is COc1cc(N2CCN(C(=O)O)CC2)ccc1Nc1nc(Oc2ccccc2C#N)cc2cn[nH]c(=O)c12. The molecule has 0 bridgehead atoms. The van der Waals surface area contributed by atoms with Gasteiger partial charge in [-0.3, -0.25) is 4.79 Å². The van der Waals surface area contributed by atoms with Crippen molar-refractivity contribution in [3.05, 3.63) is 70.6 Å². The third-order valence-corrected chi connectivity index (χ3v) is 6.20. The van der Waals surface area contributed by atoms with Crippen molar-refractivity contribution in [2.75, 3.05) is 43.5 Å². The highest BCUT2D eigenvalue weighted by Gasteiger charge is 2.22. The lowest BCUT2D eigenvalue weighted by atomic mass is 10.2. The van der Waals surface area contributed by atoms with Crippen LogP contribution in [0, 0.1) is 11.3 Å². The van der Waals surface area contributed by atoms with Gasteiger partial charge in [0, 0.05) is 49.4 Å². The van der Waals surface area contributed by atoms with Gasteiger partial charge < -0.3 is 29.7 Å². The number of rotatable bonds is 6. The van der Waals surface area contributed by atoms with Crippen LogP contribution >= 0.6 is 0 Å². The fourth-order valence-corrected chi connectivity index (χ4v) is 4.26. The van der Waals surface area contributed by atoms with Crippen LogP contribution in [0.5, 0.6) is 17.4 Å². The lowest BCUT2D eigenvalue weighted by molar-refractivity contribution is 0.142. The number of piperazine rings is 1. The first kappa shape index (κ1) is 24.4. The number of pyridine rings is 1. The normalized spacial score (nSPS) is 13.2. The van der Waals surface area contributed by atoms with Gasteiger partial charge >= 0.3 is 6.09 Å². The number of hydrogen-bond donors (Lipinski definition) is 3. The van der Waals surface area contributed by atoms with Gasteiger partial charge in [-0.2, -0.15) is 15.3 Å². The molecule has 12 heteroatoms. The smallest absolute Gasteiger partial charge is 0.407 e. The summed E-state index contributed by atoms with van der Waals surface area (Å²) in [6, 6.07) is 16.0. The van der Waals surface area contributed by atoms with Gasteiger partial charge in [-0.05, 0) is 24.3 Å². The lowest BCUT2D eigenvalue weighted by Crippen LogP contribution is -2.48. The quantitative estimate of drug-likeness (QED) is 0.348. The number of nitrogens with one attached hydrogen (secondary N) is 2. The van der Waals surface area contributed by atoms with Crippen molar-refractivity contribution >= 4 is 34.1 Å². The molecule has 3 N–H and O–H groups in total. The highest BCUT2D eigenvalue weighted by molar-refractivity contribution is 5.93. The maximum absolute atomic E-state index is 12.7. The zero-order valence-corrected chi connectivity index (χ0v) is 20.3. The minimum atomic E-state index is -0.922. The van der Waals surface area contributed by atoms with E-state index in [1.807, 2.05) is 12.1 Å². The molecular formula is C26H23N7O5. The number of aromatic amines is 1. The summed E-state index contributed by atoms with van der Waals surface area (Å²) in [6.07, 6.45) is 0.568. The molecule has 1 aliphatic rings. The van der Waals surface area contributed by atoms with E-state index in [0.717, 1.165) is 5.69 Å². The predicted molar refractivity (Wildman–Crippen MR) is 139 cm³/mol. The van der Waals surface area contributed by atoms with Crippen molar-refractivity contribution in [2.24, 2.45) is 0 Å². The van der Waals surface area contributed by atoms with E-state index in [2.05, 4.69) is 31.5 Å². The second-order valence-electron chi connectivity index (χ2n) is 8.45. The number of aromatic nitrogens is 3. The standard InChI is InChI=1S/C26H23N7O5/c1-37-21-13-18(32-8-10-33(11-9-32)26(35)36)6-7-19(21)29-24-23-17(15-28-31-25(23)34)12-22(30-24)38-20-5-3-2-4-16(20)14-27/h2-7,12-13,15H,8-11H2,1H3,(H,29,30)(H,31,34)(H,35,36). The lowest BCUT2D eigenvalue weighted by Gasteiger charge is -2.34. The number of nitrogens with zero attached hydrogens (tertiary/aromatic N) is 5. The Hall–Kier alpha value is -5.31. The summed E-state index contributed by atoms with van der Waals surface area (Å²) in [5.41, 5.74) is 1.34. The number of ether oxygens (including phenoxy) is 2. The molecule has 0 atom stereocenters. The van der Waals surface area contributed by atoms with Crippen molar-refractivity contribution in [2.45, 2.75) is 0 Å². The Morgan fingerprint density at radius 2 is 1.92 bits per heavy atom. The molecule has 2 aromatic heterocycles. The largest absolute Gasteiger partial charge is 0.494 e.